The number of para-hydroxylation sites is 1. The number of carboxylic acids is 1. The van der Waals surface area contributed by atoms with Crippen molar-refractivity contribution < 1.29 is 14.3 Å². The Kier molecular flexibility index (Phi) is 3.49. The summed E-state index contributed by atoms with van der Waals surface area (Å²) in [5, 5.41) is 10.5. The summed E-state index contributed by atoms with van der Waals surface area (Å²) in [6.07, 6.45) is 2.03. The zero-order valence-electron chi connectivity index (χ0n) is 12.7. The van der Waals surface area contributed by atoms with Gasteiger partial charge in [0.25, 0.3) is 0 Å². The van der Waals surface area contributed by atoms with Gasteiger partial charge in [0, 0.05) is 5.39 Å². The maximum Gasteiger partial charge on any atom is 0.321 e. The molecule has 4 nitrogen and oxygen atoms in total. The highest BCUT2D eigenvalue weighted by Crippen LogP contribution is 2.36. The van der Waals surface area contributed by atoms with E-state index in [4.69, 9.17) is 4.42 Å². The number of furan rings is 1. The van der Waals surface area contributed by atoms with Crippen molar-refractivity contribution in [1.29, 1.82) is 0 Å². The Hall–Kier alpha value is -1.81. The summed E-state index contributed by atoms with van der Waals surface area (Å²) in [6, 6.07) is 5.71. The first kappa shape index (κ1) is 14.1. The van der Waals surface area contributed by atoms with Gasteiger partial charge in [-0.3, -0.25) is 9.69 Å². The van der Waals surface area contributed by atoms with E-state index in [2.05, 4.69) is 6.07 Å². The molecule has 0 saturated heterocycles. The largest absolute Gasteiger partial charge is 0.480 e. The van der Waals surface area contributed by atoms with Crippen LogP contribution in [0.3, 0.4) is 0 Å². The highest BCUT2D eigenvalue weighted by Gasteiger charge is 2.39. The second-order valence-corrected chi connectivity index (χ2v) is 6.14. The smallest absolute Gasteiger partial charge is 0.321 e. The molecule has 0 bridgehead atoms. The molecule has 1 unspecified atom stereocenters. The van der Waals surface area contributed by atoms with Crippen LogP contribution in [-0.4, -0.2) is 29.1 Å². The van der Waals surface area contributed by atoms with Crippen LogP contribution in [-0.2, 0) is 11.3 Å². The highest BCUT2D eigenvalue weighted by atomic mass is 16.4. The van der Waals surface area contributed by atoms with Gasteiger partial charge in [0.2, 0.25) is 0 Å². The molecule has 0 amide bonds. The molecular formula is C17H21NO3. The number of nitrogens with zero attached hydrogens (tertiary/aromatic N) is 1. The van der Waals surface area contributed by atoms with Crippen molar-refractivity contribution in [1.82, 2.24) is 4.90 Å². The monoisotopic (exact) mass is 287 g/mol. The topological polar surface area (TPSA) is 53.7 Å². The van der Waals surface area contributed by atoms with E-state index in [9.17, 15) is 9.90 Å². The van der Waals surface area contributed by atoms with Gasteiger partial charge in [-0.1, -0.05) is 18.2 Å². The summed E-state index contributed by atoms with van der Waals surface area (Å²) < 4.78 is 6.00. The Bertz CT molecular complexity index is 685. The van der Waals surface area contributed by atoms with Crippen LogP contribution in [0, 0.1) is 19.8 Å². The molecule has 3 rings (SSSR count). The molecule has 1 aliphatic carbocycles. The molecule has 1 N–H and O–H groups in total. The lowest BCUT2D eigenvalue weighted by Crippen LogP contribution is -2.39. The number of aliphatic carboxylic acids is 1. The van der Waals surface area contributed by atoms with Crippen molar-refractivity contribution in [2.24, 2.45) is 5.92 Å². The molecule has 1 heterocycles. The van der Waals surface area contributed by atoms with Gasteiger partial charge in [-0.05, 0) is 50.8 Å². The third kappa shape index (κ3) is 2.56. The normalized spacial score (nSPS) is 16.6. The van der Waals surface area contributed by atoms with Gasteiger partial charge >= 0.3 is 5.97 Å². The van der Waals surface area contributed by atoms with Gasteiger partial charge in [-0.15, -0.1) is 0 Å². The van der Waals surface area contributed by atoms with E-state index in [-0.39, 0.29) is 0 Å². The highest BCUT2D eigenvalue weighted by molar-refractivity contribution is 5.84. The van der Waals surface area contributed by atoms with Crippen LogP contribution in [0.15, 0.2) is 22.6 Å². The molecule has 2 aromatic rings. The van der Waals surface area contributed by atoms with Crippen LogP contribution < -0.4 is 0 Å². The Morgan fingerprint density at radius 2 is 2.14 bits per heavy atom. The average Bonchev–Trinajstić information content (AvgIpc) is 3.18. The van der Waals surface area contributed by atoms with E-state index in [0.717, 1.165) is 40.7 Å². The molecule has 1 aromatic carbocycles. The summed E-state index contributed by atoms with van der Waals surface area (Å²) in [5.74, 6) is 0.428. The number of carbonyl (C=O) groups is 1. The molecule has 0 aliphatic heterocycles. The van der Waals surface area contributed by atoms with Crippen LogP contribution >= 0.6 is 0 Å². The Morgan fingerprint density at radius 1 is 1.43 bits per heavy atom. The predicted octanol–water partition coefficient (Wildman–Crippen LogP) is 3.34. The molecule has 1 aromatic heterocycles. The van der Waals surface area contributed by atoms with E-state index in [1.54, 1.807) is 0 Å². The third-order valence-electron chi connectivity index (χ3n) is 4.45. The number of benzene rings is 1. The maximum absolute atomic E-state index is 11.5. The molecule has 4 heteroatoms. The number of likely N-dealkylation sites (N-methyl/N-ethyl adjacent to an activating group) is 1. The van der Waals surface area contributed by atoms with Crippen LogP contribution in [0.2, 0.25) is 0 Å². The van der Waals surface area contributed by atoms with E-state index < -0.39 is 12.0 Å². The van der Waals surface area contributed by atoms with Gasteiger partial charge in [0.05, 0.1) is 6.54 Å². The molecular weight excluding hydrogens is 266 g/mol. The third-order valence-corrected chi connectivity index (χ3v) is 4.45. The fourth-order valence-corrected chi connectivity index (χ4v) is 3.07. The molecule has 1 atom stereocenters. The van der Waals surface area contributed by atoms with E-state index in [1.807, 2.05) is 37.9 Å². The molecule has 1 saturated carbocycles. The molecule has 1 aliphatic rings. The van der Waals surface area contributed by atoms with Gasteiger partial charge in [-0.2, -0.15) is 0 Å². The molecule has 21 heavy (non-hydrogen) atoms. The van der Waals surface area contributed by atoms with Gasteiger partial charge in [0.15, 0.2) is 0 Å². The van der Waals surface area contributed by atoms with Crippen LogP contribution in [0.5, 0.6) is 0 Å². The number of hydrogen-bond donors (Lipinski definition) is 1. The first-order valence-corrected chi connectivity index (χ1v) is 7.39. The predicted molar refractivity (Wildman–Crippen MR) is 81.3 cm³/mol. The number of rotatable bonds is 5. The summed E-state index contributed by atoms with van der Waals surface area (Å²) in [6.45, 7) is 4.61. The number of carboxylic acid groups (broad SMARTS) is 1. The quantitative estimate of drug-likeness (QED) is 0.916. The lowest BCUT2D eigenvalue weighted by Gasteiger charge is -2.23. The minimum atomic E-state index is -0.732. The Balaban J connectivity index is 1.89. The SMILES string of the molecule is Cc1c(CN(C)C(C(=O)O)C2CC2)oc2c(C)cccc12. The second kappa shape index (κ2) is 5.19. The number of fused-ring (bicyclic) bond motifs is 1. The van der Waals surface area contributed by atoms with Crippen molar-refractivity contribution in [3.05, 3.63) is 35.1 Å². The van der Waals surface area contributed by atoms with Crippen molar-refractivity contribution in [3.63, 3.8) is 0 Å². The van der Waals surface area contributed by atoms with Crippen molar-refractivity contribution in [2.75, 3.05) is 7.05 Å². The fourth-order valence-electron chi connectivity index (χ4n) is 3.07. The Morgan fingerprint density at radius 3 is 2.71 bits per heavy atom. The van der Waals surface area contributed by atoms with Gasteiger partial charge in [0.1, 0.15) is 17.4 Å². The number of hydrogen-bond acceptors (Lipinski definition) is 3. The fraction of sp³-hybridized carbons (Fsp3) is 0.471. The lowest BCUT2D eigenvalue weighted by molar-refractivity contribution is -0.143. The van der Waals surface area contributed by atoms with E-state index in [0.29, 0.717) is 12.5 Å². The minimum Gasteiger partial charge on any atom is -0.480 e. The summed E-state index contributed by atoms with van der Waals surface area (Å²) >= 11 is 0. The Labute approximate surface area is 124 Å². The van der Waals surface area contributed by atoms with Crippen molar-refractivity contribution in [3.8, 4) is 0 Å². The first-order valence-electron chi connectivity index (χ1n) is 7.39. The zero-order chi connectivity index (χ0) is 15.1. The molecule has 1 fully saturated rings. The second-order valence-electron chi connectivity index (χ2n) is 6.14. The average molecular weight is 287 g/mol. The number of aryl methyl sites for hydroxylation is 2. The van der Waals surface area contributed by atoms with Crippen molar-refractivity contribution in [2.45, 2.75) is 39.3 Å². The van der Waals surface area contributed by atoms with E-state index >= 15 is 0 Å². The minimum absolute atomic E-state index is 0.291. The zero-order valence-corrected chi connectivity index (χ0v) is 12.7. The maximum atomic E-state index is 11.5. The lowest BCUT2D eigenvalue weighted by atomic mass is 10.1. The summed E-state index contributed by atoms with van der Waals surface area (Å²) in [7, 11) is 1.87. The summed E-state index contributed by atoms with van der Waals surface area (Å²) in [4.78, 5) is 13.4. The van der Waals surface area contributed by atoms with Crippen LogP contribution in [0.4, 0.5) is 0 Å². The first-order chi connectivity index (χ1) is 9.99. The van der Waals surface area contributed by atoms with Crippen LogP contribution in [0.1, 0.15) is 29.7 Å². The molecule has 112 valence electrons. The van der Waals surface area contributed by atoms with Crippen molar-refractivity contribution >= 4 is 16.9 Å². The molecule has 0 spiro atoms. The van der Waals surface area contributed by atoms with E-state index in [1.165, 1.54) is 0 Å². The standard InChI is InChI=1S/C17H21NO3/c1-10-5-4-6-13-11(2)14(21-16(10)13)9-18(3)15(17(19)20)12-7-8-12/h4-6,12,15H,7-9H2,1-3H3,(H,19,20). The molecule has 0 radical (unpaired) electrons. The van der Waals surface area contributed by atoms with Gasteiger partial charge < -0.3 is 9.52 Å². The van der Waals surface area contributed by atoms with Gasteiger partial charge in [-0.25, -0.2) is 0 Å². The van der Waals surface area contributed by atoms with Crippen LogP contribution in [0.25, 0.3) is 11.0 Å². The summed E-state index contributed by atoms with van der Waals surface area (Å²) in [5.41, 5.74) is 3.14.